The van der Waals surface area contributed by atoms with E-state index in [1.54, 1.807) is 18.2 Å². The van der Waals surface area contributed by atoms with Crippen LogP contribution in [0.3, 0.4) is 0 Å². The summed E-state index contributed by atoms with van der Waals surface area (Å²) in [5.41, 5.74) is 2.92. The molecule has 1 N–H and O–H groups in total. The van der Waals surface area contributed by atoms with E-state index in [0.717, 1.165) is 24.8 Å². The Kier molecular flexibility index (Phi) is 7.28. The normalized spacial score (nSPS) is 15.0. The summed E-state index contributed by atoms with van der Waals surface area (Å²) in [4.78, 5) is 17.3. The van der Waals surface area contributed by atoms with E-state index in [-0.39, 0.29) is 17.4 Å². The average Bonchev–Trinajstić information content (AvgIpc) is 3.19. The number of ether oxygens (including phenoxy) is 2. The Labute approximate surface area is 203 Å². The molecule has 5 nitrogen and oxygen atoms in total. The molecule has 4 rings (SSSR count). The van der Waals surface area contributed by atoms with Gasteiger partial charge in [-0.2, -0.15) is 13.2 Å². The van der Waals surface area contributed by atoms with Crippen molar-refractivity contribution in [2.24, 2.45) is 0 Å². The van der Waals surface area contributed by atoms with E-state index in [0.29, 0.717) is 53.2 Å². The third kappa shape index (κ3) is 5.41. The number of aromatic nitrogens is 1. The van der Waals surface area contributed by atoms with E-state index >= 15 is 0 Å². The number of piperidine rings is 1. The van der Waals surface area contributed by atoms with Crippen molar-refractivity contribution in [3.05, 3.63) is 47.5 Å². The number of fused-ring (bicyclic) bond motifs is 1. The van der Waals surface area contributed by atoms with Crippen LogP contribution in [-0.2, 0) is 11.2 Å². The van der Waals surface area contributed by atoms with Gasteiger partial charge in [0, 0.05) is 36.0 Å². The number of carbonyl (C=O) groups excluding carboxylic acids is 1. The number of methoxy groups -OCH3 is 2. The number of rotatable bonds is 7. The summed E-state index contributed by atoms with van der Waals surface area (Å²) in [5.74, 6) is 1.35. The standard InChI is InChI=1S/C27H31F3N2O3/c1-4-5-25(33)32-12-10-17(11-13-32)18-6-8-22-20(14-18)21(16-27(28,29)30)26(31-22)19-7-9-23(34-2)24(15-19)35-3/h6-9,14-15,17,31H,4-5,10-13,16H2,1-3H3. The maximum Gasteiger partial charge on any atom is 0.393 e. The Morgan fingerprint density at radius 1 is 1.06 bits per heavy atom. The van der Waals surface area contributed by atoms with E-state index in [9.17, 15) is 18.0 Å². The fourth-order valence-electron chi connectivity index (χ4n) is 4.98. The first-order chi connectivity index (χ1) is 16.7. The number of H-pyrrole nitrogens is 1. The van der Waals surface area contributed by atoms with Crippen LogP contribution in [0.1, 0.15) is 49.7 Å². The van der Waals surface area contributed by atoms with Gasteiger partial charge >= 0.3 is 6.18 Å². The van der Waals surface area contributed by atoms with Crippen LogP contribution in [0.5, 0.6) is 11.5 Å². The molecule has 8 heteroatoms. The number of carbonyl (C=O) groups is 1. The van der Waals surface area contributed by atoms with Crippen molar-refractivity contribution in [3.8, 4) is 22.8 Å². The van der Waals surface area contributed by atoms with Gasteiger partial charge in [0.15, 0.2) is 11.5 Å². The molecular weight excluding hydrogens is 457 g/mol. The molecule has 2 heterocycles. The molecule has 0 unspecified atom stereocenters. The van der Waals surface area contributed by atoms with Gasteiger partial charge in [-0.1, -0.05) is 13.0 Å². The van der Waals surface area contributed by atoms with Crippen LogP contribution >= 0.6 is 0 Å². The van der Waals surface area contributed by atoms with Gasteiger partial charge in [-0.05, 0) is 66.6 Å². The number of hydrogen-bond acceptors (Lipinski definition) is 3. The SMILES string of the molecule is CCCC(=O)N1CCC(c2ccc3[nH]c(-c4ccc(OC)c(OC)c4)c(CC(F)(F)F)c3c2)CC1. The molecule has 1 aliphatic heterocycles. The number of hydrogen-bond donors (Lipinski definition) is 1. The molecule has 0 radical (unpaired) electrons. The van der Waals surface area contributed by atoms with Crippen LogP contribution in [0.2, 0.25) is 0 Å². The Hall–Kier alpha value is -3.16. The van der Waals surface area contributed by atoms with Crippen molar-refractivity contribution in [2.75, 3.05) is 27.3 Å². The van der Waals surface area contributed by atoms with Crippen molar-refractivity contribution in [1.82, 2.24) is 9.88 Å². The van der Waals surface area contributed by atoms with Crippen LogP contribution in [0.15, 0.2) is 36.4 Å². The van der Waals surface area contributed by atoms with Crippen LogP contribution in [0.4, 0.5) is 13.2 Å². The van der Waals surface area contributed by atoms with Crippen LogP contribution < -0.4 is 9.47 Å². The van der Waals surface area contributed by atoms with Gasteiger partial charge in [0.25, 0.3) is 0 Å². The number of likely N-dealkylation sites (tertiary alicyclic amines) is 1. The lowest BCUT2D eigenvalue weighted by Crippen LogP contribution is -2.37. The Morgan fingerprint density at radius 2 is 1.77 bits per heavy atom. The lowest BCUT2D eigenvalue weighted by molar-refractivity contribution is -0.132. The zero-order chi connectivity index (χ0) is 25.2. The highest BCUT2D eigenvalue weighted by atomic mass is 19.4. The van der Waals surface area contributed by atoms with Crippen LogP contribution in [0.25, 0.3) is 22.2 Å². The molecule has 0 bridgehead atoms. The van der Waals surface area contributed by atoms with Crippen molar-refractivity contribution in [1.29, 1.82) is 0 Å². The predicted molar refractivity (Wildman–Crippen MR) is 130 cm³/mol. The van der Waals surface area contributed by atoms with Crippen molar-refractivity contribution >= 4 is 16.8 Å². The summed E-state index contributed by atoms with van der Waals surface area (Å²) < 4.78 is 51.6. The van der Waals surface area contributed by atoms with Crippen molar-refractivity contribution < 1.29 is 27.4 Å². The van der Waals surface area contributed by atoms with E-state index in [4.69, 9.17) is 9.47 Å². The third-order valence-electron chi connectivity index (χ3n) is 6.76. The van der Waals surface area contributed by atoms with Gasteiger partial charge in [-0.3, -0.25) is 4.79 Å². The van der Waals surface area contributed by atoms with Crippen LogP contribution in [0, 0.1) is 0 Å². The molecule has 0 atom stereocenters. The molecular formula is C27H31F3N2O3. The largest absolute Gasteiger partial charge is 0.493 e. The molecule has 1 saturated heterocycles. The van der Waals surface area contributed by atoms with Crippen molar-refractivity contribution in [2.45, 2.75) is 51.1 Å². The highest BCUT2D eigenvalue weighted by Gasteiger charge is 2.32. The lowest BCUT2D eigenvalue weighted by atomic mass is 9.88. The van der Waals surface area contributed by atoms with Gasteiger partial charge in [-0.15, -0.1) is 0 Å². The monoisotopic (exact) mass is 488 g/mol. The van der Waals surface area contributed by atoms with Gasteiger partial charge in [0.05, 0.1) is 26.3 Å². The summed E-state index contributed by atoms with van der Waals surface area (Å²) in [5, 5.41) is 0.578. The third-order valence-corrected chi connectivity index (χ3v) is 6.76. The molecule has 1 aromatic heterocycles. The van der Waals surface area contributed by atoms with Crippen molar-refractivity contribution in [3.63, 3.8) is 0 Å². The number of benzene rings is 2. The molecule has 1 amide bonds. The zero-order valence-corrected chi connectivity index (χ0v) is 20.3. The molecule has 0 saturated carbocycles. The molecule has 3 aromatic rings. The Balaban J connectivity index is 1.70. The van der Waals surface area contributed by atoms with Gasteiger partial charge in [0.2, 0.25) is 5.91 Å². The van der Waals surface area contributed by atoms with E-state index in [1.807, 2.05) is 30.0 Å². The zero-order valence-electron chi connectivity index (χ0n) is 20.3. The summed E-state index contributed by atoms with van der Waals surface area (Å²) in [6.45, 7) is 3.35. The smallest absolute Gasteiger partial charge is 0.393 e. The number of nitrogens with zero attached hydrogens (tertiary/aromatic N) is 1. The second kappa shape index (κ2) is 10.2. The number of halogens is 3. The summed E-state index contributed by atoms with van der Waals surface area (Å²) in [6.07, 6.45) is -2.40. The van der Waals surface area contributed by atoms with Gasteiger partial charge in [-0.25, -0.2) is 0 Å². The number of amides is 1. The van der Waals surface area contributed by atoms with E-state index in [1.165, 1.54) is 14.2 Å². The highest BCUT2D eigenvalue weighted by Crippen LogP contribution is 2.40. The highest BCUT2D eigenvalue weighted by molar-refractivity contribution is 5.92. The Morgan fingerprint density at radius 3 is 2.40 bits per heavy atom. The maximum absolute atomic E-state index is 13.6. The molecule has 1 aliphatic rings. The number of aromatic amines is 1. The number of nitrogens with one attached hydrogen (secondary N) is 1. The molecule has 35 heavy (non-hydrogen) atoms. The summed E-state index contributed by atoms with van der Waals surface area (Å²) >= 11 is 0. The minimum Gasteiger partial charge on any atom is -0.493 e. The second-order valence-electron chi connectivity index (χ2n) is 9.05. The fraction of sp³-hybridized carbons (Fsp3) is 0.444. The summed E-state index contributed by atoms with van der Waals surface area (Å²) in [7, 11) is 3.01. The first-order valence-corrected chi connectivity index (χ1v) is 12.0. The molecule has 188 valence electrons. The minimum absolute atomic E-state index is 0.180. The van der Waals surface area contributed by atoms with Gasteiger partial charge in [0.1, 0.15) is 0 Å². The Bertz CT molecular complexity index is 1190. The minimum atomic E-state index is -4.36. The quantitative estimate of drug-likeness (QED) is 0.415. The molecule has 0 aliphatic carbocycles. The molecule has 0 spiro atoms. The predicted octanol–water partition coefficient (Wildman–Crippen LogP) is 6.46. The first kappa shape index (κ1) is 24.9. The average molecular weight is 489 g/mol. The van der Waals surface area contributed by atoms with E-state index < -0.39 is 12.6 Å². The van der Waals surface area contributed by atoms with Gasteiger partial charge < -0.3 is 19.4 Å². The second-order valence-corrected chi connectivity index (χ2v) is 9.05. The summed E-state index contributed by atoms with van der Waals surface area (Å²) in [6, 6.07) is 10.9. The molecule has 2 aromatic carbocycles. The number of alkyl halides is 3. The fourth-order valence-corrected chi connectivity index (χ4v) is 4.98. The topological polar surface area (TPSA) is 54.6 Å². The van der Waals surface area contributed by atoms with E-state index in [2.05, 4.69) is 4.98 Å². The first-order valence-electron chi connectivity index (χ1n) is 12.0. The molecule has 1 fully saturated rings. The maximum atomic E-state index is 13.6. The van der Waals surface area contributed by atoms with Crippen LogP contribution in [-0.4, -0.2) is 49.3 Å². The lowest BCUT2D eigenvalue weighted by Gasteiger charge is -2.32.